The smallest absolute Gasteiger partial charge is 0.410 e. The fourth-order valence-electron chi connectivity index (χ4n) is 4.98. The van der Waals surface area contributed by atoms with Crippen molar-refractivity contribution in [1.82, 2.24) is 9.80 Å². The summed E-state index contributed by atoms with van der Waals surface area (Å²) in [5.74, 6) is -0.310. The Kier molecular flexibility index (Phi) is 8.88. The van der Waals surface area contributed by atoms with Crippen LogP contribution in [-0.4, -0.2) is 59.0 Å². The van der Waals surface area contributed by atoms with Gasteiger partial charge in [0.2, 0.25) is 0 Å². The molecule has 204 valence electrons. The van der Waals surface area contributed by atoms with E-state index in [4.69, 9.17) is 21.1 Å². The van der Waals surface area contributed by atoms with Gasteiger partial charge in [-0.2, -0.15) is 0 Å². The highest BCUT2D eigenvalue weighted by Crippen LogP contribution is 2.34. The van der Waals surface area contributed by atoms with E-state index in [1.165, 1.54) is 0 Å². The zero-order chi connectivity index (χ0) is 27.4. The van der Waals surface area contributed by atoms with Crippen LogP contribution in [0.4, 0.5) is 10.5 Å². The summed E-state index contributed by atoms with van der Waals surface area (Å²) in [6, 6.07) is 12.0. The standard InChI is InChI=1S/C28H33BrClN3O5/c1-28(2,3)38-27(36)33-15-5-7-23(33)18-6-4-14-32(17-18)26(35)25(34)31-22-16-19(29)8-13-24(22)37-21-11-9-20(30)10-12-21/h8-13,16,18,23H,4-7,14-15,17H2,1-3H3,(H,31,34). The Morgan fingerprint density at radius 3 is 2.45 bits per heavy atom. The third-order valence-electron chi connectivity index (χ3n) is 6.64. The summed E-state index contributed by atoms with van der Waals surface area (Å²) in [7, 11) is 0. The van der Waals surface area contributed by atoms with Crippen LogP contribution in [0.1, 0.15) is 46.5 Å². The molecule has 1 N–H and O–H groups in total. The number of nitrogens with zero attached hydrogens (tertiary/aromatic N) is 2. The average molecular weight is 607 g/mol. The van der Waals surface area contributed by atoms with Crippen molar-refractivity contribution in [2.24, 2.45) is 5.92 Å². The minimum atomic E-state index is -0.736. The normalized spacial score (nSPS) is 19.7. The molecule has 2 aromatic rings. The van der Waals surface area contributed by atoms with Crippen LogP contribution < -0.4 is 10.1 Å². The van der Waals surface area contributed by atoms with E-state index in [2.05, 4.69) is 21.2 Å². The van der Waals surface area contributed by atoms with Crippen LogP contribution in [0, 0.1) is 5.92 Å². The molecule has 0 saturated carbocycles. The number of hydrogen-bond acceptors (Lipinski definition) is 5. The quantitative estimate of drug-likeness (QED) is 0.403. The molecule has 0 aliphatic carbocycles. The van der Waals surface area contributed by atoms with Gasteiger partial charge < -0.3 is 24.6 Å². The lowest BCUT2D eigenvalue weighted by Crippen LogP contribution is -2.51. The number of rotatable bonds is 4. The van der Waals surface area contributed by atoms with Crippen LogP contribution in [0.3, 0.4) is 0 Å². The molecule has 38 heavy (non-hydrogen) atoms. The van der Waals surface area contributed by atoms with Crippen LogP contribution in [0.25, 0.3) is 0 Å². The molecule has 0 spiro atoms. The highest BCUT2D eigenvalue weighted by atomic mass is 79.9. The predicted molar refractivity (Wildman–Crippen MR) is 150 cm³/mol. The number of carbonyl (C=O) groups excluding carboxylic acids is 3. The molecular weight excluding hydrogens is 574 g/mol. The largest absolute Gasteiger partial charge is 0.455 e. The molecule has 8 nitrogen and oxygen atoms in total. The number of piperidine rings is 1. The maximum Gasteiger partial charge on any atom is 0.410 e. The van der Waals surface area contributed by atoms with Crippen molar-refractivity contribution < 1.29 is 23.9 Å². The van der Waals surface area contributed by atoms with E-state index in [0.717, 1.165) is 30.2 Å². The summed E-state index contributed by atoms with van der Waals surface area (Å²) in [6.45, 7) is 7.12. The summed E-state index contributed by atoms with van der Waals surface area (Å²) in [5, 5.41) is 3.30. The molecular formula is C28H33BrClN3O5. The van der Waals surface area contributed by atoms with E-state index < -0.39 is 17.4 Å². The van der Waals surface area contributed by atoms with E-state index in [1.54, 1.807) is 52.3 Å². The Hall–Kier alpha value is -2.78. The Labute approximate surface area is 236 Å². The first kappa shape index (κ1) is 28.2. The third kappa shape index (κ3) is 7.20. The van der Waals surface area contributed by atoms with Gasteiger partial charge in [0.15, 0.2) is 5.75 Å². The maximum absolute atomic E-state index is 13.2. The van der Waals surface area contributed by atoms with Gasteiger partial charge in [-0.05, 0) is 94.8 Å². The average Bonchev–Trinajstić information content (AvgIpc) is 3.36. The Morgan fingerprint density at radius 2 is 1.74 bits per heavy atom. The third-order valence-corrected chi connectivity index (χ3v) is 7.39. The van der Waals surface area contributed by atoms with E-state index in [9.17, 15) is 14.4 Å². The van der Waals surface area contributed by atoms with Gasteiger partial charge in [-0.1, -0.05) is 27.5 Å². The number of carbonyl (C=O) groups is 3. The van der Waals surface area contributed by atoms with Gasteiger partial charge in [0.25, 0.3) is 0 Å². The van der Waals surface area contributed by atoms with E-state index in [1.807, 2.05) is 20.8 Å². The van der Waals surface area contributed by atoms with Crippen molar-refractivity contribution in [1.29, 1.82) is 0 Å². The van der Waals surface area contributed by atoms with E-state index in [0.29, 0.717) is 41.8 Å². The van der Waals surface area contributed by atoms with Gasteiger partial charge in [0.1, 0.15) is 11.4 Å². The summed E-state index contributed by atoms with van der Waals surface area (Å²) in [4.78, 5) is 42.4. The number of ether oxygens (including phenoxy) is 2. The molecule has 2 aliphatic heterocycles. The number of benzene rings is 2. The molecule has 2 unspecified atom stereocenters. The van der Waals surface area contributed by atoms with Crippen LogP contribution in [0.2, 0.25) is 5.02 Å². The molecule has 3 amide bonds. The molecule has 0 radical (unpaired) electrons. The first-order chi connectivity index (χ1) is 18.0. The monoisotopic (exact) mass is 605 g/mol. The lowest BCUT2D eigenvalue weighted by atomic mass is 9.89. The summed E-state index contributed by atoms with van der Waals surface area (Å²) < 4.78 is 12.3. The molecule has 0 aromatic heterocycles. The zero-order valence-electron chi connectivity index (χ0n) is 21.8. The second kappa shape index (κ2) is 11.9. The molecule has 2 heterocycles. The lowest BCUT2D eigenvalue weighted by Gasteiger charge is -2.39. The summed E-state index contributed by atoms with van der Waals surface area (Å²) in [6.07, 6.45) is 3.10. The molecule has 2 atom stereocenters. The van der Waals surface area contributed by atoms with Crippen molar-refractivity contribution >= 4 is 51.1 Å². The number of amides is 3. The van der Waals surface area contributed by atoms with Crippen LogP contribution in [-0.2, 0) is 14.3 Å². The minimum absolute atomic E-state index is 0.00651. The van der Waals surface area contributed by atoms with Crippen molar-refractivity contribution in [3.05, 3.63) is 52.0 Å². The highest BCUT2D eigenvalue weighted by Gasteiger charge is 2.40. The van der Waals surface area contributed by atoms with Crippen LogP contribution in [0.5, 0.6) is 11.5 Å². The maximum atomic E-state index is 13.2. The predicted octanol–water partition coefficient (Wildman–Crippen LogP) is 6.47. The molecule has 0 bridgehead atoms. The minimum Gasteiger partial charge on any atom is -0.455 e. The van der Waals surface area contributed by atoms with Crippen molar-refractivity contribution in [3.63, 3.8) is 0 Å². The van der Waals surface area contributed by atoms with Crippen LogP contribution in [0.15, 0.2) is 46.9 Å². The summed E-state index contributed by atoms with van der Waals surface area (Å²) >= 11 is 9.37. The van der Waals surface area contributed by atoms with E-state index in [-0.39, 0.29) is 18.1 Å². The van der Waals surface area contributed by atoms with Crippen LogP contribution >= 0.6 is 27.5 Å². The molecule has 4 rings (SSSR count). The van der Waals surface area contributed by atoms with Gasteiger partial charge in [-0.3, -0.25) is 9.59 Å². The number of anilines is 1. The topological polar surface area (TPSA) is 88.2 Å². The molecule has 2 aromatic carbocycles. The van der Waals surface area contributed by atoms with Gasteiger partial charge in [0.05, 0.1) is 5.69 Å². The molecule has 2 fully saturated rings. The Bertz CT molecular complexity index is 1180. The van der Waals surface area contributed by atoms with E-state index >= 15 is 0 Å². The van der Waals surface area contributed by atoms with Crippen molar-refractivity contribution in [3.8, 4) is 11.5 Å². The first-order valence-electron chi connectivity index (χ1n) is 12.8. The van der Waals surface area contributed by atoms with Crippen molar-refractivity contribution in [2.75, 3.05) is 25.0 Å². The molecule has 10 heteroatoms. The zero-order valence-corrected chi connectivity index (χ0v) is 24.2. The number of likely N-dealkylation sites (tertiary alicyclic amines) is 2. The highest BCUT2D eigenvalue weighted by molar-refractivity contribution is 9.10. The molecule has 2 saturated heterocycles. The number of hydrogen-bond donors (Lipinski definition) is 1. The Balaban J connectivity index is 1.42. The van der Waals surface area contributed by atoms with Gasteiger partial charge in [0, 0.05) is 35.2 Å². The first-order valence-corrected chi connectivity index (χ1v) is 14.0. The Morgan fingerprint density at radius 1 is 1.03 bits per heavy atom. The van der Waals surface area contributed by atoms with Gasteiger partial charge in [-0.25, -0.2) is 4.79 Å². The number of nitrogens with one attached hydrogen (secondary N) is 1. The second-order valence-electron chi connectivity index (χ2n) is 10.7. The number of halogens is 2. The lowest BCUT2D eigenvalue weighted by molar-refractivity contribution is -0.144. The summed E-state index contributed by atoms with van der Waals surface area (Å²) in [5.41, 5.74) is -0.201. The van der Waals surface area contributed by atoms with Crippen molar-refractivity contribution in [2.45, 2.75) is 58.1 Å². The molecule has 2 aliphatic rings. The fourth-order valence-corrected chi connectivity index (χ4v) is 5.46. The second-order valence-corrected chi connectivity index (χ2v) is 12.0. The van der Waals surface area contributed by atoms with Gasteiger partial charge >= 0.3 is 17.9 Å². The van der Waals surface area contributed by atoms with Gasteiger partial charge in [-0.15, -0.1) is 0 Å². The fraction of sp³-hybridized carbons (Fsp3) is 0.464. The SMILES string of the molecule is CC(C)(C)OC(=O)N1CCCC1C1CCCN(C(=O)C(=O)Nc2cc(Br)ccc2Oc2ccc(Cl)cc2)C1.